The zero-order valence-corrected chi connectivity index (χ0v) is 12.1. The second-order valence-electron chi connectivity index (χ2n) is 4.91. The summed E-state index contributed by atoms with van der Waals surface area (Å²) in [6, 6.07) is 12.8. The molecule has 110 valence electrons. The molecule has 0 aliphatic rings. The fourth-order valence-corrected chi connectivity index (χ4v) is 2.20. The molecule has 0 spiro atoms. The van der Waals surface area contributed by atoms with Gasteiger partial charge in [-0.1, -0.05) is 25.1 Å². The lowest BCUT2D eigenvalue weighted by Gasteiger charge is -2.06. The van der Waals surface area contributed by atoms with Crippen molar-refractivity contribution in [1.82, 2.24) is 9.38 Å². The Kier molecular flexibility index (Phi) is 3.70. The average Bonchev–Trinajstić information content (AvgIpc) is 2.56. The first-order chi connectivity index (χ1) is 10.7. The van der Waals surface area contributed by atoms with Gasteiger partial charge in [0, 0.05) is 18.1 Å². The predicted octanol–water partition coefficient (Wildman–Crippen LogP) is 2.51. The number of hydrogen-bond donors (Lipinski definition) is 1. The number of aryl methyl sites for hydroxylation is 1. The third-order valence-corrected chi connectivity index (χ3v) is 3.48. The Morgan fingerprint density at radius 1 is 1.18 bits per heavy atom. The molecule has 0 atom stereocenters. The maximum Gasteiger partial charge on any atom is 0.270 e. The fraction of sp³-hybridized carbons (Fsp3) is 0.118. The van der Waals surface area contributed by atoms with E-state index in [1.165, 1.54) is 16.2 Å². The highest BCUT2D eigenvalue weighted by Gasteiger charge is 2.13. The highest BCUT2D eigenvalue weighted by Crippen LogP contribution is 2.11. The number of nitrogens with zero attached hydrogens (tertiary/aromatic N) is 2. The largest absolute Gasteiger partial charge is 0.322 e. The van der Waals surface area contributed by atoms with E-state index in [0.29, 0.717) is 11.3 Å². The van der Waals surface area contributed by atoms with Crippen molar-refractivity contribution < 1.29 is 4.79 Å². The van der Waals surface area contributed by atoms with Crippen LogP contribution in [0, 0.1) is 0 Å². The number of rotatable bonds is 3. The number of nitrogens with one attached hydrogen (secondary N) is 1. The van der Waals surface area contributed by atoms with Gasteiger partial charge in [0.15, 0.2) is 0 Å². The Hall–Kier alpha value is -2.95. The summed E-state index contributed by atoms with van der Waals surface area (Å²) in [5, 5.41) is 2.72. The van der Waals surface area contributed by atoms with Crippen molar-refractivity contribution in [2.45, 2.75) is 13.3 Å². The van der Waals surface area contributed by atoms with Gasteiger partial charge in [-0.05, 0) is 36.2 Å². The van der Waals surface area contributed by atoms with Crippen molar-refractivity contribution in [3.05, 3.63) is 76.3 Å². The average molecular weight is 293 g/mol. The molecule has 0 bridgehead atoms. The van der Waals surface area contributed by atoms with Crippen LogP contribution in [0.5, 0.6) is 0 Å². The zero-order valence-electron chi connectivity index (χ0n) is 12.1. The number of pyridine rings is 1. The summed E-state index contributed by atoms with van der Waals surface area (Å²) in [4.78, 5) is 28.7. The quantitative estimate of drug-likeness (QED) is 0.807. The van der Waals surface area contributed by atoms with E-state index in [0.717, 1.165) is 6.42 Å². The third kappa shape index (κ3) is 2.61. The van der Waals surface area contributed by atoms with Crippen LogP contribution in [0.2, 0.25) is 0 Å². The van der Waals surface area contributed by atoms with Crippen molar-refractivity contribution >= 4 is 17.2 Å². The lowest BCUT2D eigenvalue weighted by molar-refractivity contribution is 0.102. The summed E-state index contributed by atoms with van der Waals surface area (Å²) in [5.41, 5.74) is 1.98. The molecule has 0 fully saturated rings. The third-order valence-electron chi connectivity index (χ3n) is 3.48. The van der Waals surface area contributed by atoms with E-state index >= 15 is 0 Å². The summed E-state index contributed by atoms with van der Waals surface area (Å²) < 4.78 is 1.36. The maximum atomic E-state index is 12.3. The van der Waals surface area contributed by atoms with Gasteiger partial charge < -0.3 is 5.32 Å². The van der Waals surface area contributed by atoms with Gasteiger partial charge in [0.25, 0.3) is 11.5 Å². The fourth-order valence-electron chi connectivity index (χ4n) is 2.20. The SMILES string of the molecule is CCc1ccc(NC(=O)c2cnc3ccccn3c2=O)cc1. The second-order valence-corrected chi connectivity index (χ2v) is 4.91. The van der Waals surface area contributed by atoms with Crippen molar-refractivity contribution in [3.63, 3.8) is 0 Å². The first kappa shape index (κ1) is 14.0. The van der Waals surface area contributed by atoms with E-state index in [1.54, 1.807) is 24.4 Å². The number of benzene rings is 1. The number of carbonyl (C=O) groups excluding carboxylic acids is 1. The Balaban J connectivity index is 1.91. The first-order valence-corrected chi connectivity index (χ1v) is 7.05. The zero-order chi connectivity index (χ0) is 15.5. The molecule has 0 unspecified atom stereocenters. The predicted molar refractivity (Wildman–Crippen MR) is 85.2 cm³/mol. The highest BCUT2D eigenvalue weighted by atomic mass is 16.2. The first-order valence-electron chi connectivity index (χ1n) is 7.05. The Morgan fingerprint density at radius 2 is 1.95 bits per heavy atom. The number of fused-ring (bicyclic) bond motifs is 1. The van der Waals surface area contributed by atoms with Gasteiger partial charge in [0.1, 0.15) is 11.2 Å². The van der Waals surface area contributed by atoms with Crippen LogP contribution in [0.25, 0.3) is 5.65 Å². The normalized spacial score (nSPS) is 10.6. The maximum absolute atomic E-state index is 12.3. The van der Waals surface area contributed by atoms with Crippen molar-refractivity contribution in [1.29, 1.82) is 0 Å². The molecule has 3 aromatic rings. The number of carbonyl (C=O) groups is 1. The van der Waals surface area contributed by atoms with Crippen molar-refractivity contribution in [2.24, 2.45) is 0 Å². The van der Waals surface area contributed by atoms with E-state index in [2.05, 4.69) is 17.2 Å². The monoisotopic (exact) mass is 293 g/mol. The summed E-state index contributed by atoms with van der Waals surface area (Å²) in [7, 11) is 0. The summed E-state index contributed by atoms with van der Waals surface area (Å²) in [6.07, 6.45) is 3.84. The number of amides is 1. The molecule has 0 saturated heterocycles. The molecule has 0 saturated carbocycles. The van der Waals surface area contributed by atoms with Crippen molar-refractivity contribution in [2.75, 3.05) is 5.32 Å². The van der Waals surface area contributed by atoms with Gasteiger partial charge in [0.05, 0.1) is 0 Å². The van der Waals surface area contributed by atoms with Crippen LogP contribution < -0.4 is 10.9 Å². The molecule has 2 aromatic heterocycles. The molecule has 22 heavy (non-hydrogen) atoms. The van der Waals surface area contributed by atoms with E-state index in [1.807, 2.05) is 24.3 Å². The van der Waals surface area contributed by atoms with E-state index in [-0.39, 0.29) is 11.1 Å². The molecule has 1 amide bonds. The Morgan fingerprint density at radius 3 is 2.68 bits per heavy atom. The summed E-state index contributed by atoms with van der Waals surface area (Å²) >= 11 is 0. The molecule has 5 nitrogen and oxygen atoms in total. The molecule has 1 aromatic carbocycles. The molecule has 3 rings (SSSR count). The number of aromatic nitrogens is 2. The molecule has 0 radical (unpaired) electrons. The molecule has 5 heteroatoms. The molecule has 2 heterocycles. The van der Waals surface area contributed by atoms with Crippen LogP contribution in [0.1, 0.15) is 22.8 Å². The van der Waals surface area contributed by atoms with Crippen LogP contribution in [-0.4, -0.2) is 15.3 Å². The van der Waals surface area contributed by atoms with Crippen molar-refractivity contribution in [3.8, 4) is 0 Å². The van der Waals surface area contributed by atoms with Crippen LogP contribution in [0.4, 0.5) is 5.69 Å². The molecule has 0 aliphatic heterocycles. The van der Waals surface area contributed by atoms with E-state index in [9.17, 15) is 9.59 Å². The van der Waals surface area contributed by atoms with Crippen LogP contribution in [0.3, 0.4) is 0 Å². The van der Waals surface area contributed by atoms with Gasteiger partial charge in [0.2, 0.25) is 0 Å². The standard InChI is InChI=1S/C17H15N3O2/c1-2-12-6-8-13(9-7-12)19-16(21)14-11-18-15-5-3-4-10-20(15)17(14)22/h3-11H,2H2,1H3,(H,19,21). The van der Waals surface area contributed by atoms with E-state index in [4.69, 9.17) is 0 Å². The summed E-state index contributed by atoms with van der Waals surface area (Å²) in [5.74, 6) is -0.458. The Labute approximate surface area is 127 Å². The Bertz CT molecular complexity index is 882. The highest BCUT2D eigenvalue weighted by molar-refractivity contribution is 6.03. The molecular weight excluding hydrogens is 278 g/mol. The smallest absolute Gasteiger partial charge is 0.270 e. The molecular formula is C17H15N3O2. The lowest BCUT2D eigenvalue weighted by atomic mass is 10.1. The lowest BCUT2D eigenvalue weighted by Crippen LogP contribution is -2.26. The van der Waals surface area contributed by atoms with Gasteiger partial charge in [-0.15, -0.1) is 0 Å². The van der Waals surface area contributed by atoms with Crippen LogP contribution >= 0.6 is 0 Å². The number of hydrogen-bond acceptors (Lipinski definition) is 3. The summed E-state index contributed by atoms with van der Waals surface area (Å²) in [6.45, 7) is 2.06. The minimum absolute atomic E-state index is 0.0169. The minimum atomic E-state index is -0.458. The van der Waals surface area contributed by atoms with Gasteiger partial charge in [-0.3, -0.25) is 14.0 Å². The topological polar surface area (TPSA) is 63.5 Å². The molecule has 1 N–H and O–H groups in total. The minimum Gasteiger partial charge on any atom is -0.322 e. The van der Waals surface area contributed by atoms with Crippen LogP contribution in [0.15, 0.2) is 59.7 Å². The molecule has 0 aliphatic carbocycles. The van der Waals surface area contributed by atoms with Crippen LogP contribution in [-0.2, 0) is 6.42 Å². The van der Waals surface area contributed by atoms with Gasteiger partial charge >= 0.3 is 0 Å². The van der Waals surface area contributed by atoms with Gasteiger partial charge in [-0.2, -0.15) is 0 Å². The second kappa shape index (κ2) is 5.81. The van der Waals surface area contributed by atoms with E-state index < -0.39 is 5.91 Å². The van der Waals surface area contributed by atoms with Gasteiger partial charge in [-0.25, -0.2) is 4.98 Å². The number of anilines is 1.